The molecule has 2 N–H and O–H groups in total. The summed E-state index contributed by atoms with van der Waals surface area (Å²) in [4.78, 5) is -0.202. The molecular weight excluding hydrogens is 259 g/mol. The van der Waals surface area contributed by atoms with Crippen molar-refractivity contribution in [3.63, 3.8) is 0 Å². The first-order chi connectivity index (χ1) is 8.44. The molecule has 0 aliphatic heterocycles. The third-order valence-electron chi connectivity index (χ3n) is 2.40. The van der Waals surface area contributed by atoms with Crippen LogP contribution in [-0.2, 0) is 10.0 Å². The minimum Gasteiger partial charge on any atom is -0.395 e. The van der Waals surface area contributed by atoms with Gasteiger partial charge in [-0.15, -0.1) is 0 Å². The van der Waals surface area contributed by atoms with E-state index in [9.17, 15) is 12.8 Å². The van der Waals surface area contributed by atoms with Crippen LogP contribution < -0.4 is 4.72 Å². The largest absolute Gasteiger partial charge is 0.395 e. The molecule has 0 aliphatic carbocycles. The van der Waals surface area contributed by atoms with Crippen molar-refractivity contribution in [1.29, 1.82) is 5.26 Å². The Kier molecular flexibility index (Phi) is 4.78. The standard InChI is InChI=1S/C11H13FN2O3S/c1-2-9(7-15)14-18(16,17)10-3-4-11(12)8(5-10)6-13/h3-5,9,14-15H,2,7H2,1H3/t9-/m0/s1. The predicted octanol–water partition coefficient (Wildman–Crippen LogP) is 0.747. The van der Waals surface area contributed by atoms with Gasteiger partial charge in [0.05, 0.1) is 17.1 Å². The second-order valence-corrected chi connectivity index (χ2v) is 5.38. The molecule has 0 saturated carbocycles. The SMILES string of the molecule is CC[C@@H](CO)NS(=O)(=O)c1ccc(F)c(C#N)c1. The van der Waals surface area contributed by atoms with Crippen LogP contribution in [0.25, 0.3) is 0 Å². The number of hydrogen-bond acceptors (Lipinski definition) is 4. The fourth-order valence-corrected chi connectivity index (χ4v) is 2.63. The molecule has 0 unspecified atom stereocenters. The monoisotopic (exact) mass is 272 g/mol. The molecule has 0 heterocycles. The Balaban J connectivity index is 3.10. The van der Waals surface area contributed by atoms with Crippen molar-refractivity contribution in [2.45, 2.75) is 24.3 Å². The van der Waals surface area contributed by atoms with Crippen molar-refractivity contribution in [2.75, 3.05) is 6.61 Å². The number of aliphatic hydroxyl groups excluding tert-OH is 1. The Hall–Kier alpha value is -1.49. The Morgan fingerprint density at radius 3 is 2.72 bits per heavy atom. The maximum Gasteiger partial charge on any atom is 0.240 e. The summed E-state index contributed by atoms with van der Waals surface area (Å²) < 4.78 is 39.1. The summed E-state index contributed by atoms with van der Waals surface area (Å²) in [5, 5.41) is 17.6. The van der Waals surface area contributed by atoms with Crippen molar-refractivity contribution < 1.29 is 17.9 Å². The van der Waals surface area contributed by atoms with Crippen LogP contribution in [0.4, 0.5) is 4.39 Å². The molecule has 7 heteroatoms. The van der Waals surface area contributed by atoms with E-state index < -0.39 is 21.9 Å². The third kappa shape index (κ3) is 3.26. The number of sulfonamides is 1. The summed E-state index contributed by atoms with van der Waals surface area (Å²) in [6, 6.07) is 3.92. The number of nitrogens with zero attached hydrogens (tertiary/aromatic N) is 1. The van der Waals surface area contributed by atoms with Crippen molar-refractivity contribution in [3.8, 4) is 6.07 Å². The quantitative estimate of drug-likeness (QED) is 0.827. The van der Waals surface area contributed by atoms with E-state index in [1.807, 2.05) is 0 Å². The molecule has 1 aromatic carbocycles. The Labute approximate surface area is 105 Å². The smallest absolute Gasteiger partial charge is 0.240 e. The fourth-order valence-electron chi connectivity index (χ4n) is 1.29. The average molecular weight is 272 g/mol. The highest BCUT2D eigenvalue weighted by Crippen LogP contribution is 2.15. The molecule has 1 atom stereocenters. The maximum atomic E-state index is 13.1. The number of aliphatic hydroxyl groups is 1. The van der Waals surface area contributed by atoms with E-state index >= 15 is 0 Å². The van der Waals surface area contributed by atoms with Gasteiger partial charge in [0.25, 0.3) is 0 Å². The van der Waals surface area contributed by atoms with Crippen LogP contribution in [-0.4, -0.2) is 26.2 Å². The van der Waals surface area contributed by atoms with E-state index in [2.05, 4.69) is 4.72 Å². The van der Waals surface area contributed by atoms with Crippen molar-refractivity contribution in [2.24, 2.45) is 0 Å². The fraction of sp³-hybridized carbons (Fsp3) is 0.364. The van der Waals surface area contributed by atoms with Gasteiger partial charge in [0.15, 0.2) is 0 Å². The van der Waals surface area contributed by atoms with E-state index in [4.69, 9.17) is 10.4 Å². The highest BCUT2D eigenvalue weighted by molar-refractivity contribution is 7.89. The molecule has 98 valence electrons. The zero-order valence-electron chi connectivity index (χ0n) is 9.72. The van der Waals surface area contributed by atoms with Gasteiger partial charge in [-0.1, -0.05) is 6.92 Å². The Bertz CT molecular complexity index is 562. The molecule has 1 rings (SSSR count). The summed E-state index contributed by atoms with van der Waals surface area (Å²) in [6.45, 7) is 1.39. The maximum absolute atomic E-state index is 13.1. The molecule has 0 spiro atoms. The molecule has 18 heavy (non-hydrogen) atoms. The summed E-state index contributed by atoms with van der Waals surface area (Å²) in [5.74, 6) is -0.773. The number of rotatable bonds is 5. The first-order valence-electron chi connectivity index (χ1n) is 5.27. The number of halogens is 1. The highest BCUT2D eigenvalue weighted by atomic mass is 32.2. The van der Waals surface area contributed by atoms with Crippen molar-refractivity contribution >= 4 is 10.0 Å². The van der Waals surface area contributed by atoms with Crippen molar-refractivity contribution in [1.82, 2.24) is 4.72 Å². The summed E-state index contributed by atoms with van der Waals surface area (Å²) in [6.07, 6.45) is 0.419. The minimum absolute atomic E-state index is 0.202. The summed E-state index contributed by atoms with van der Waals surface area (Å²) in [7, 11) is -3.86. The van der Waals surface area contributed by atoms with Gasteiger partial charge in [-0.3, -0.25) is 0 Å². The van der Waals surface area contributed by atoms with Gasteiger partial charge < -0.3 is 5.11 Å². The number of nitriles is 1. The Morgan fingerprint density at radius 2 is 2.22 bits per heavy atom. The normalized spacial score (nSPS) is 13.0. The zero-order chi connectivity index (χ0) is 13.8. The van der Waals surface area contributed by atoms with Crippen LogP contribution in [0.5, 0.6) is 0 Å². The zero-order valence-corrected chi connectivity index (χ0v) is 10.5. The van der Waals surface area contributed by atoms with Crippen LogP contribution in [0.2, 0.25) is 0 Å². The lowest BCUT2D eigenvalue weighted by Gasteiger charge is -2.14. The van der Waals surface area contributed by atoms with Gasteiger partial charge in [-0.05, 0) is 24.6 Å². The average Bonchev–Trinajstić information content (AvgIpc) is 2.36. The van der Waals surface area contributed by atoms with E-state index in [1.165, 1.54) is 0 Å². The lowest BCUT2D eigenvalue weighted by Crippen LogP contribution is -2.36. The van der Waals surface area contributed by atoms with E-state index in [1.54, 1.807) is 13.0 Å². The molecule has 0 radical (unpaired) electrons. The summed E-state index contributed by atoms with van der Waals surface area (Å²) in [5.41, 5.74) is -0.338. The Morgan fingerprint density at radius 1 is 1.56 bits per heavy atom. The first kappa shape index (κ1) is 14.6. The summed E-state index contributed by atoms with van der Waals surface area (Å²) >= 11 is 0. The first-order valence-corrected chi connectivity index (χ1v) is 6.75. The highest BCUT2D eigenvalue weighted by Gasteiger charge is 2.19. The van der Waals surface area contributed by atoms with Crippen LogP contribution in [0.1, 0.15) is 18.9 Å². The lowest BCUT2D eigenvalue weighted by molar-refractivity contribution is 0.254. The van der Waals surface area contributed by atoms with Gasteiger partial charge in [0.2, 0.25) is 10.0 Å². The third-order valence-corrected chi connectivity index (χ3v) is 3.92. The molecule has 0 saturated heterocycles. The number of benzene rings is 1. The molecule has 1 aromatic rings. The van der Waals surface area contributed by atoms with E-state index in [0.717, 1.165) is 18.2 Å². The van der Waals surface area contributed by atoms with Gasteiger partial charge in [0, 0.05) is 6.04 Å². The van der Waals surface area contributed by atoms with Gasteiger partial charge >= 0.3 is 0 Å². The van der Waals surface area contributed by atoms with Gasteiger partial charge in [-0.25, -0.2) is 17.5 Å². The molecule has 0 aliphatic rings. The number of nitrogens with one attached hydrogen (secondary N) is 1. The predicted molar refractivity (Wildman–Crippen MR) is 62.6 cm³/mol. The van der Waals surface area contributed by atoms with Crippen LogP contribution >= 0.6 is 0 Å². The van der Waals surface area contributed by atoms with Crippen LogP contribution in [0, 0.1) is 17.1 Å². The minimum atomic E-state index is -3.86. The molecular formula is C11H13FN2O3S. The van der Waals surface area contributed by atoms with Gasteiger partial charge in [-0.2, -0.15) is 5.26 Å². The van der Waals surface area contributed by atoms with Crippen LogP contribution in [0.15, 0.2) is 23.1 Å². The van der Waals surface area contributed by atoms with Gasteiger partial charge in [0.1, 0.15) is 11.9 Å². The number of hydrogen-bond donors (Lipinski definition) is 2. The molecule has 0 aromatic heterocycles. The van der Waals surface area contributed by atoms with Crippen LogP contribution in [0.3, 0.4) is 0 Å². The molecule has 5 nitrogen and oxygen atoms in total. The van der Waals surface area contributed by atoms with E-state index in [0.29, 0.717) is 6.42 Å². The lowest BCUT2D eigenvalue weighted by atomic mass is 10.2. The second-order valence-electron chi connectivity index (χ2n) is 3.66. The second kappa shape index (κ2) is 5.91. The molecule has 0 bridgehead atoms. The molecule has 0 amide bonds. The molecule has 0 fully saturated rings. The van der Waals surface area contributed by atoms with E-state index in [-0.39, 0.29) is 17.1 Å². The van der Waals surface area contributed by atoms with Crippen molar-refractivity contribution in [3.05, 3.63) is 29.6 Å². The topological polar surface area (TPSA) is 90.2 Å².